The summed E-state index contributed by atoms with van der Waals surface area (Å²) in [4.78, 5) is 39.1. The molecule has 0 bridgehead atoms. The van der Waals surface area contributed by atoms with Crippen molar-refractivity contribution in [3.8, 4) is 11.1 Å². The summed E-state index contributed by atoms with van der Waals surface area (Å²) in [6.07, 6.45) is 4.83. The van der Waals surface area contributed by atoms with Crippen LogP contribution in [0.4, 0.5) is 11.5 Å². The Hall–Kier alpha value is -4.53. The average Bonchev–Trinajstić information content (AvgIpc) is 3.31. The Kier molecular flexibility index (Phi) is 5.51. The van der Waals surface area contributed by atoms with Crippen molar-refractivity contribution in [2.75, 3.05) is 18.5 Å². The lowest BCUT2D eigenvalue weighted by atomic mass is 9.95. The van der Waals surface area contributed by atoms with Gasteiger partial charge in [-0.1, -0.05) is 30.3 Å². The molecule has 0 radical (unpaired) electrons. The van der Waals surface area contributed by atoms with Gasteiger partial charge in [-0.15, -0.1) is 0 Å². The Labute approximate surface area is 195 Å². The summed E-state index contributed by atoms with van der Waals surface area (Å²) in [5.41, 5.74) is 7.08. The lowest BCUT2D eigenvalue weighted by molar-refractivity contribution is -0.117. The highest BCUT2D eigenvalue weighted by Crippen LogP contribution is 2.38. The number of hydrogen-bond donors (Lipinski definition) is 1. The van der Waals surface area contributed by atoms with Gasteiger partial charge in [0.05, 0.1) is 11.9 Å². The molecule has 2 aromatic carbocycles. The zero-order valence-corrected chi connectivity index (χ0v) is 18.7. The van der Waals surface area contributed by atoms with E-state index in [1.54, 1.807) is 17.8 Å². The molecular weight excluding hydrogens is 432 g/mol. The molecule has 0 atom stereocenters. The number of aliphatic imine (C=N–C) groups is 1. The van der Waals surface area contributed by atoms with Crippen molar-refractivity contribution in [1.82, 2.24) is 20.2 Å². The molecule has 170 valence electrons. The third-order valence-electron chi connectivity index (χ3n) is 5.86. The van der Waals surface area contributed by atoms with E-state index in [-0.39, 0.29) is 5.69 Å². The molecule has 3 heterocycles. The number of hydrogen-bond acceptors (Lipinski definition) is 7. The number of nitrogens with one attached hydrogen (secondary N) is 1. The third kappa shape index (κ3) is 3.77. The van der Waals surface area contributed by atoms with Gasteiger partial charge in [-0.05, 0) is 29.1 Å². The molecule has 4 aromatic rings. The molecule has 0 aliphatic carbocycles. The molecule has 0 fully saturated rings. The van der Waals surface area contributed by atoms with Gasteiger partial charge in [-0.3, -0.25) is 14.5 Å². The van der Waals surface area contributed by atoms with E-state index in [2.05, 4.69) is 38.2 Å². The van der Waals surface area contributed by atoms with Crippen LogP contribution in [0, 0.1) is 0 Å². The van der Waals surface area contributed by atoms with E-state index in [0.717, 1.165) is 45.3 Å². The first-order valence-corrected chi connectivity index (χ1v) is 10.8. The van der Waals surface area contributed by atoms with E-state index < -0.39 is 5.97 Å². The van der Waals surface area contributed by atoms with Crippen molar-refractivity contribution >= 4 is 40.4 Å². The van der Waals surface area contributed by atoms with E-state index in [4.69, 9.17) is 4.84 Å². The van der Waals surface area contributed by atoms with Crippen molar-refractivity contribution in [2.45, 2.75) is 6.42 Å². The van der Waals surface area contributed by atoms with Crippen LogP contribution < -0.4 is 10.4 Å². The number of benzene rings is 2. The summed E-state index contributed by atoms with van der Waals surface area (Å²) in [5, 5.41) is 6.03. The lowest BCUT2D eigenvalue weighted by Gasteiger charge is -2.32. The number of aryl methyl sites for hydroxylation is 1. The number of carbonyl (C=O) groups excluding carboxylic acids is 2. The van der Waals surface area contributed by atoms with Gasteiger partial charge < -0.3 is 9.74 Å². The highest BCUT2D eigenvalue weighted by atomic mass is 16.7. The maximum absolute atomic E-state index is 12.5. The zero-order valence-electron chi connectivity index (χ0n) is 18.7. The minimum Gasteiger partial charge on any atom is -0.334 e. The van der Waals surface area contributed by atoms with Gasteiger partial charge in [0.25, 0.3) is 0 Å². The van der Waals surface area contributed by atoms with Gasteiger partial charge in [0.15, 0.2) is 5.69 Å². The molecule has 5 rings (SSSR count). The maximum Gasteiger partial charge on any atom is 0.381 e. The molecule has 0 saturated carbocycles. The van der Waals surface area contributed by atoms with Crippen LogP contribution in [-0.2, 0) is 16.7 Å². The number of nitrogens with zero attached hydrogens (tertiary/aromatic N) is 5. The minimum atomic E-state index is -0.737. The van der Waals surface area contributed by atoms with Crippen LogP contribution in [0.5, 0.6) is 0 Å². The van der Waals surface area contributed by atoms with E-state index in [0.29, 0.717) is 18.8 Å². The van der Waals surface area contributed by atoms with Crippen LogP contribution in [0.1, 0.15) is 22.5 Å². The predicted molar refractivity (Wildman–Crippen MR) is 129 cm³/mol. The largest absolute Gasteiger partial charge is 0.381 e. The Balaban J connectivity index is 1.65. The first-order chi connectivity index (χ1) is 16.6. The topological polar surface area (TPSA) is 102 Å². The van der Waals surface area contributed by atoms with Crippen LogP contribution in [0.15, 0.2) is 65.9 Å². The van der Waals surface area contributed by atoms with Gasteiger partial charge in [0, 0.05) is 55.5 Å². The summed E-state index contributed by atoms with van der Waals surface area (Å²) in [6, 6.07) is 15.6. The minimum absolute atomic E-state index is 0.103. The number of aromatic nitrogens is 3. The van der Waals surface area contributed by atoms with Crippen molar-refractivity contribution in [2.24, 2.45) is 12.0 Å². The molecule has 0 saturated heterocycles. The highest BCUT2D eigenvalue weighted by molar-refractivity contribution is 6.10. The van der Waals surface area contributed by atoms with Crippen LogP contribution in [0.2, 0.25) is 0 Å². The molecule has 9 heteroatoms. The number of amides is 1. The van der Waals surface area contributed by atoms with Crippen LogP contribution >= 0.6 is 0 Å². The second-order valence-corrected chi connectivity index (χ2v) is 7.88. The molecule has 0 spiro atoms. The summed E-state index contributed by atoms with van der Waals surface area (Å²) < 4.78 is 1.77. The van der Waals surface area contributed by atoms with Crippen LogP contribution in [0.3, 0.4) is 0 Å². The molecule has 1 amide bonds. The summed E-state index contributed by atoms with van der Waals surface area (Å²) in [5.74, 6) is -0.0965. The first-order valence-electron chi connectivity index (χ1n) is 10.8. The quantitative estimate of drug-likeness (QED) is 0.366. The van der Waals surface area contributed by atoms with Crippen molar-refractivity contribution in [1.29, 1.82) is 0 Å². The molecule has 1 aliphatic heterocycles. The molecule has 1 aliphatic rings. The Morgan fingerprint density at radius 3 is 2.79 bits per heavy atom. The Morgan fingerprint density at radius 2 is 2.03 bits per heavy atom. The lowest BCUT2D eigenvalue weighted by Crippen LogP contribution is -2.30. The number of anilines is 2. The van der Waals surface area contributed by atoms with Crippen molar-refractivity contribution in [3.63, 3.8) is 0 Å². The highest BCUT2D eigenvalue weighted by Gasteiger charge is 2.26. The summed E-state index contributed by atoms with van der Waals surface area (Å²) >= 11 is 0. The van der Waals surface area contributed by atoms with Gasteiger partial charge >= 0.3 is 5.97 Å². The Bertz CT molecular complexity index is 1440. The smallest absolute Gasteiger partial charge is 0.334 e. The molecular formula is C25H22N6O3. The molecule has 9 nitrogen and oxygen atoms in total. The van der Waals surface area contributed by atoms with E-state index in [1.807, 2.05) is 49.2 Å². The van der Waals surface area contributed by atoms with E-state index in [9.17, 15) is 9.59 Å². The Morgan fingerprint density at radius 1 is 1.18 bits per heavy atom. The van der Waals surface area contributed by atoms with Gasteiger partial charge in [0.1, 0.15) is 5.82 Å². The third-order valence-corrected chi connectivity index (χ3v) is 5.86. The number of rotatable bonds is 5. The summed E-state index contributed by atoms with van der Waals surface area (Å²) in [7, 11) is 3.69. The zero-order chi connectivity index (χ0) is 23.7. The van der Waals surface area contributed by atoms with Crippen molar-refractivity contribution < 1.29 is 14.4 Å². The number of carbonyl (C=O) groups is 2. The fraction of sp³-hybridized carbons (Fsp3) is 0.160. The van der Waals surface area contributed by atoms with Crippen LogP contribution in [0.25, 0.3) is 21.9 Å². The average molecular weight is 454 g/mol. The van der Waals surface area contributed by atoms with Crippen LogP contribution in [-0.4, -0.2) is 46.4 Å². The van der Waals surface area contributed by atoms with E-state index >= 15 is 0 Å². The van der Waals surface area contributed by atoms with Crippen molar-refractivity contribution in [3.05, 3.63) is 72.2 Å². The van der Waals surface area contributed by atoms with Gasteiger partial charge in [-0.25, -0.2) is 9.78 Å². The SMILES string of the molecule is CN=C1CCN(c2nc(C(=O)ONC=O)cc3ccccc23)c2ccc(-c3cnn(C)c3)cc21. The molecule has 34 heavy (non-hydrogen) atoms. The maximum atomic E-state index is 12.5. The van der Waals surface area contributed by atoms with Gasteiger partial charge in [0.2, 0.25) is 6.41 Å². The second-order valence-electron chi connectivity index (χ2n) is 7.88. The normalized spacial score (nSPS) is 14.2. The summed E-state index contributed by atoms with van der Waals surface area (Å²) in [6.45, 7) is 0.647. The first kappa shape index (κ1) is 21.3. The van der Waals surface area contributed by atoms with Gasteiger partial charge in [-0.2, -0.15) is 10.6 Å². The fourth-order valence-electron chi connectivity index (χ4n) is 4.30. The molecule has 0 unspecified atom stereocenters. The number of hydroxylamine groups is 1. The predicted octanol–water partition coefficient (Wildman–Crippen LogP) is 3.41. The molecule has 1 N–H and O–H groups in total. The molecule has 2 aromatic heterocycles. The second kappa shape index (κ2) is 8.78. The number of fused-ring (bicyclic) bond motifs is 2. The fourth-order valence-corrected chi connectivity index (χ4v) is 4.30. The van der Waals surface area contributed by atoms with E-state index in [1.165, 1.54) is 0 Å². The monoisotopic (exact) mass is 454 g/mol. The standard InChI is InChI=1S/C25H22N6O3/c1-26-21-9-10-31(23-8-7-16(11-20(21)23)18-13-27-30(2)14-18)24-19-6-4-3-5-17(19)12-22(29-24)25(33)34-28-15-32/h3-8,11-15H,9-10H2,1-2H3,(H,28,32). The number of pyridine rings is 1.